The molecule has 0 N–H and O–H groups in total. The van der Waals surface area contributed by atoms with E-state index in [1.54, 1.807) is 13.2 Å². The monoisotopic (exact) mass is 220 g/mol. The van der Waals surface area contributed by atoms with Crippen molar-refractivity contribution >= 4 is 5.78 Å². The van der Waals surface area contributed by atoms with E-state index in [2.05, 4.69) is 0 Å². The van der Waals surface area contributed by atoms with Crippen molar-refractivity contribution in [3.8, 4) is 5.75 Å². The second-order valence-corrected chi connectivity index (χ2v) is 3.99. The van der Waals surface area contributed by atoms with Gasteiger partial charge in [-0.3, -0.25) is 4.79 Å². The smallest absolute Gasteiger partial charge is 0.165 e. The Morgan fingerprint density at radius 3 is 3.12 bits per heavy atom. The Balaban J connectivity index is 2.01. The number of rotatable bonds is 4. The first kappa shape index (κ1) is 11.1. The van der Waals surface area contributed by atoms with E-state index in [1.807, 2.05) is 18.2 Å². The number of ketones is 1. The van der Waals surface area contributed by atoms with Crippen molar-refractivity contribution < 1.29 is 14.3 Å². The van der Waals surface area contributed by atoms with Gasteiger partial charge in [0, 0.05) is 18.6 Å². The number of ether oxygens (including phenoxy) is 2. The molecule has 0 spiro atoms. The van der Waals surface area contributed by atoms with Crippen LogP contribution in [0.3, 0.4) is 0 Å². The van der Waals surface area contributed by atoms with Gasteiger partial charge in [-0.15, -0.1) is 0 Å². The summed E-state index contributed by atoms with van der Waals surface area (Å²) in [5.41, 5.74) is 0.704. The van der Waals surface area contributed by atoms with E-state index in [9.17, 15) is 4.79 Å². The predicted molar refractivity (Wildman–Crippen MR) is 60.9 cm³/mol. The van der Waals surface area contributed by atoms with Crippen LogP contribution in [-0.2, 0) is 4.74 Å². The van der Waals surface area contributed by atoms with Crippen LogP contribution in [0.15, 0.2) is 24.3 Å². The molecule has 0 unspecified atom stereocenters. The molecule has 3 heteroatoms. The number of hydrogen-bond acceptors (Lipinski definition) is 3. The van der Waals surface area contributed by atoms with Crippen LogP contribution in [0.2, 0.25) is 0 Å². The van der Waals surface area contributed by atoms with Gasteiger partial charge < -0.3 is 9.47 Å². The summed E-state index contributed by atoms with van der Waals surface area (Å²) < 4.78 is 10.5. The number of hydrogen-bond donors (Lipinski definition) is 0. The Kier molecular flexibility index (Phi) is 3.57. The lowest BCUT2D eigenvalue weighted by Crippen LogP contribution is -2.12. The first-order valence-electron chi connectivity index (χ1n) is 5.58. The third kappa shape index (κ3) is 2.61. The van der Waals surface area contributed by atoms with Gasteiger partial charge in [-0.05, 0) is 25.0 Å². The van der Waals surface area contributed by atoms with Crippen LogP contribution < -0.4 is 4.74 Å². The Labute approximate surface area is 95.4 Å². The van der Waals surface area contributed by atoms with Crippen LogP contribution >= 0.6 is 0 Å². The highest BCUT2D eigenvalue weighted by molar-refractivity contribution is 5.96. The highest BCUT2D eigenvalue weighted by atomic mass is 16.5. The predicted octanol–water partition coefficient (Wildman–Crippen LogP) is 2.45. The van der Waals surface area contributed by atoms with Gasteiger partial charge in [-0.2, -0.15) is 0 Å². The Morgan fingerprint density at radius 1 is 1.56 bits per heavy atom. The van der Waals surface area contributed by atoms with E-state index in [1.165, 1.54) is 0 Å². The third-order valence-electron chi connectivity index (χ3n) is 2.83. The quantitative estimate of drug-likeness (QED) is 0.731. The van der Waals surface area contributed by atoms with Crippen molar-refractivity contribution in [3.05, 3.63) is 29.8 Å². The van der Waals surface area contributed by atoms with Gasteiger partial charge in [0.15, 0.2) is 5.78 Å². The molecule has 0 aliphatic carbocycles. The summed E-state index contributed by atoms with van der Waals surface area (Å²) in [6.45, 7) is 0.788. The Bertz CT molecular complexity index is 367. The molecule has 1 heterocycles. The Morgan fingerprint density at radius 2 is 2.44 bits per heavy atom. The molecule has 0 bridgehead atoms. The highest BCUT2D eigenvalue weighted by Gasteiger charge is 2.19. The number of benzene rings is 1. The summed E-state index contributed by atoms with van der Waals surface area (Å²) in [5.74, 6) is 0.851. The molecular formula is C13H16O3. The molecule has 1 saturated heterocycles. The summed E-state index contributed by atoms with van der Waals surface area (Å²) >= 11 is 0. The fourth-order valence-corrected chi connectivity index (χ4v) is 1.93. The topological polar surface area (TPSA) is 35.5 Å². The van der Waals surface area contributed by atoms with E-state index in [0.717, 1.165) is 25.2 Å². The normalized spacial score (nSPS) is 19.7. The maximum atomic E-state index is 11.9. The van der Waals surface area contributed by atoms with Crippen molar-refractivity contribution in [2.45, 2.75) is 25.4 Å². The zero-order valence-corrected chi connectivity index (χ0v) is 9.44. The summed E-state index contributed by atoms with van der Waals surface area (Å²) in [6.07, 6.45) is 2.65. The zero-order valence-electron chi connectivity index (χ0n) is 9.44. The minimum absolute atomic E-state index is 0.110. The average molecular weight is 220 g/mol. The van der Waals surface area contributed by atoms with E-state index >= 15 is 0 Å². The second-order valence-electron chi connectivity index (χ2n) is 3.99. The van der Waals surface area contributed by atoms with Crippen LogP contribution in [0, 0.1) is 0 Å². The van der Waals surface area contributed by atoms with Crippen LogP contribution in [0.5, 0.6) is 5.75 Å². The highest BCUT2D eigenvalue weighted by Crippen LogP contribution is 2.19. The van der Waals surface area contributed by atoms with E-state index in [0.29, 0.717) is 12.0 Å². The molecule has 1 aliphatic heterocycles. The number of carbonyl (C=O) groups excluding carboxylic acids is 1. The summed E-state index contributed by atoms with van der Waals surface area (Å²) in [7, 11) is 1.60. The lowest BCUT2D eigenvalue weighted by molar-refractivity contribution is 0.0775. The van der Waals surface area contributed by atoms with Crippen molar-refractivity contribution in [2.24, 2.45) is 0 Å². The molecule has 0 radical (unpaired) electrons. The first-order valence-corrected chi connectivity index (χ1v) is 5.58. The maximum Gasteiger partial charge on any atom is 0.165 e. The SMILES string of the molecule is COc1cccc(C(=O)C[C@H]2CCCO2)c1. The van der Waals surface area contributed by atoms with E-state index in [-0.39, 0.29) is 11.9 Å². The Hall–Kier alpha value is -1.35. The summed E-state index contributed by atoms with van der Waals surface area (Å²) in [4.78, 5) is 11.9. The van der Waals surface area contributed by atoms with Crippen LogP contribution in [0.4, 0.5) is 0 Å². The van der Waals surface area contributed by atoms with Crippen molar-refractivity contribution in [1.29, 1.82) is 0 Å². The zero-order chi connectivity index (χ0) is 11.4. The average Bonchev–Trinajstić information content (AvgIpc) is 2.82. The van der Waals surface area contributed by atoms with Gasteiger partial charge >= 0.3 is 0 Å². The van der Waals surface area contributed by atoms with E-state index in [4.69, 9.17) is 9.47 Å². The third-order valence-corrected chi connectivity index (χ3v) is 2.83. The maximum absolute atomic E-state index is 11.9. The molecule has 1 atom stereocenters. The molecular weight excluding hydrogens is 204 g/mol. The van der Waals surface area contributed by atoms with Crippen LogP contribution in [0.1, 0.15) is 29.6 Å². The number of methoxy groups -OCH3 is 1. The molecule has 1 aromatic rings. The molecule has 1 aromatic carbocycles. The first-order chi connectivity index (χ1) is 7.79. The van der Waals surface area contributed by atoms with Gasteiger partial charge in [-0.1, -0.05) is 12.1 Å². The molecule has 16 heavy (non-hydrogen) atoms. The van der Waals surface area contributed by atoms with Gasteiger partial charge in [0.25, 0.3) is 0 Å². The van der Waals surface area contributed by atoms with Gasteiger partial charge in [0.2, 0.25) is 0 Å². The standard InChI is InChI=1S/C13H16O3/c1-15-11-5-2-4-10(8-11)13(14)9-12-6-3-7-16-12/h2,4-5,8,12H,3,6-7,9H2,1H3/t12-/m1/s1. The molecule has 2 rings (SSSR count). The molecule has 86 valence electrons. The summed E-state index contributed by atoms with van der Waals surface area (Å²) in [6, 6.07) is 7.27. The fraction of sp³-hybridized carbons (Fsp3) is 0.462. The lowest BCUT2D eigenvalue weighted by atomic mass is 10.0. The molecule has 0 aromatic heterocycles. The molecule has 3 nitrogen and oxygen atoms in total. The van der Waals surface area contributed by atoms with E-state index < -0.39 is 0 Å². The minimum atomic E-state index is 0.110. The molecule has 0 saturated carbocycles. The summed E-state index contributed by atoms with van der Waals surface area (Å²) in [5, 5.41) is 0. The van der Waals surface area contributed by atoms with Gasteiger partial charge in [0.05, 0.1) is 13.2 Å². The molecule has 1 aliphatic rings. The minimum Gasteiger partial charge on any atom is -0.497 e. The largest absolute Gasteiger partial charge is 0.497 e. The van der Waals surface area contributed by atoms with Gasteiger partial charge in [0.1, 0.15) is 5.75 Å². The van der Waals surface area contributed by atoms with Gasteiger partial charge in [-0.25, -0.2) is 0 Å². The molecule has 1 fully saturated rings. The second kappa shape index (κ2) is 5.12. The van der Waals surface area contributed by atoms with Crippen molar-refractivity contribution in [1.82, 2.24) is 0 Å². The fourth-order valence-electron chi connectivity index (χ4n) is 1.93. The van der Waals surface area contributed by atoms with Crippen LogP contribution in [0.25, 0.3) is 0 Å². The number of carbonyl (C=O) groups is 1. The van der Waals surface area contributed by atoms with Crippen molar-refractivity contribution in [3.63, 3.8) is 0 Å². The van der Waals surface area contributed by atoms with Crippen LogP contribution in [-0.4, -0.2) is 25.6 Å². The van der Waals surface area contributed by atoms with Crippen molar-refractivity contribution in [2.75, 3.05) is 13.7 Å². The lowest BCUT2D eigenvalue weighted by Gasteiger charge is -2.08. The molecule has 0 amide bonds. The number of Topliss-reactive ketones (excluding diaryl/α,β-unsaturated/α-hetero) is 1.